The lowest BCUT2D eigenvalue weighted by atomic mass is 9.95. The van der Waals surface area contributed by atoms with Gasteiger partial charge in [0.1, 0.15) is 16.4 Å². The first-order valence-corrected chi connectivity index (χ1v) is 13.3. The molecule has 0 saturated carbocycles. The Kier molecular flexibility index (Phi) is 8.26. The van der Waals surface area contributed by atoms with E-state index < -0.39 is 23.7 Å². The maximum atomic E-state index is 13.4. The van der Waals surface area contributed by atoms with Crippen molar-refractivity contribution >= 4 is 39.9 Å². The Hall–Kier alpha value is -3.98. The van der Waals surface area contributed by atoms with E-state index >= 15 is 0 Å². The molecule has 198 valence electrons. The van der Waals surface area contributed by atoms with E-state index in [0.29, 0.717) is 29.2 Å². The molecule has 0 bridgehead atoms. The highest BCUT2D eigenvalue weighted by Gasteiger charge is 2.48. The number of nitrogens with zero attached hydrogens (tertiary/aromatic N) is 2. The number of ketones is 1. The van der Waals surface area contributed by atoms with Gasteiger partial charge in [0.2, 0.25) is 0 Å². The van der Waals surface area contributed by atoms with Gasteiger partial charge in [-0.25, -0.2) is 9.78 Å². The van der Waals surface area contributed by atoms with Crippen LogP contribution in [0.4, 0.5) is 5.13 Å². The second-order valence-corrected chi connectivity index (χ2v) is 9.92. The van der Waals surface area contributed by atoms with Crippen molar-refractivity contribution < 1.29 is 29.0 Å². The number of Topliss-reactive ketones (excluding diaryl/α,β-unsaturated/α-hetero) is 1. The number of carbonyl (C=O) groups excluding carboxylic acids is 3. The van der Waals surface area contributed by atoms with Crippen LogP contribution in [-0.4, -0.2) is 41.0 Å². The van der Waals surface area contributed by atoms with E-state index in [2.05, 4.69) is 11.9 Å². The minimum Gasteiger partial charge on any atom is -0.507 e. The van der Waals surface area contributed by atoms with Crippen molar-refractivity contribution in [2.24, 2.45) is 0 Å². The second-order valence-electron chi connectivity index (χ2n) is 8.94. The zero-order chi connectivity index (χ0) is 27.4. The van der Waals surface area contributed by atoms with Crippen LogP contribution < -0.4 is 9.64 Å². The molecule has 1 aliphatic heterocycles. The maximum Gasteiger partial charge on any atom is 0.350 e. The SMILES string of the molecule is CCCCOc1cccc(/C(O)=C2\C(=O)C(=O)N(c3nc(C)c(C(=O)OCC)s3)C2c2ccc(C)cc2)c1. The first-order valence-electron chi connectivity index (χ1n) is 12.5. The van der Waals surface area contributed by atoms with E-state index in [4.69, 9.17) is 9.47 Å². The summed E-state index contributed by atoms with van der Waals surface area (Å²) in [5.74, 6) is -1.97. The van der Waals surface area contributed by atoms with Crippen molar-refractivity contribution in [3.63, 3.8) is 0 Å². The first kappa shape index (κ1) is 27.1. The van der Waals surface area contributed by atoms with E-state index in [1.807, 2.05) is 31.2 Å². The number of hydrogen-bond acceptors (Lipinski definition) is 8. The number of unbranched alkanes of at least 4 members (excludes halogenated alkanes) is 1. The summed E-state index contributed by atoms with van der Waals surface area (Å²) in [6.45, 7) is 8.07. The third kappa shape index (κ3) is 5.33. The number of benzene rings is 2. The Labute approximate surface area is 225 Å². The molecular formula is C29H30N2O6S. The Balaban J connectivity index is 1.84. The standard InChI is InChI=1S/C29H30N2O6S/c1-5-7-15-37-21-10-8-9-20(16-21)24(32)22-23(19-13-11-17(3)12-14-19)31(27(34)25(22)33)29-30-18(4)26(38-29)28(35)36-6-2/h8-14,16,23,32H,5-7,15H2,1-4H3/b24-22+. The van der Waals surface area contributed by atoms with Crippen molar-refractivity contribution in [2.75, 3.05) is 18.1 Å². The summed E-state index contributed by atoms with van der Waals surface area (Å²) in [6.07, 6.45) is 1.86. The lowest BCUT2D eigenvalue weighted by molar-refractivity contribution is -0.132. The molecule has 1 saturated heterocycles. The van der Waals surface area contributed by atoms with Gasteiger partial charge in [-0.1, -0.05) is 66.6 Å². The summed E-state index contributed by atoms with van der Waals surface area (Å²) in [6, 6.07) is 13.2. The Morgan fingerprint density at radius 2 is 1.84 bits per heavy atom. The van der Waals surface area contributed by atoms with E-state index in [0.717, 1.165) is 29.7 Å². The Morgan fingerprint density at radius 3 is 2.53 bits per heavy atom. The normalized spacial score (nSPS) is 16.6. The number of amides is 1. The number of rotatable bonds is 9. The highest BCUT2D eigenvalue weighted by molar-refractivity contribution is 7.17. The molecule has 38 heavy (non-hydrogen) atoms. The van der Waals surface area contributed by atoms with Crippen molar-refractivity contribution in [3.8, 4) is 5.75 Å². The van der Waals surface area contributed by atoms with E-state index in [1.54, 1.807) is 38.1 Å². The predicted molar refractivity (Wildman–Crippen MR) is 146 cm³/mol. The zero-order valence-electron chi connectivity index (χ0n) is 21.8. The summed E-state index contributed by atoms with van der Waals surface area (Å²) in [5.41, 5.74) is 2.31. The van der Waals surface area contributed by atoms with Crippen LogP contribution >= 0.6 is 11.3 Å². The van der Waals surface area contributed by atoms with Gasteiger partial charge >= 0.3 is 11.9 Å². The predicted octanol–water partition coefficient (Wildman–Crippen LogP) is 5.74. The van der Waals surface area contributed by atoms with Crippen molar-refractivity contribution in [2.45, 2.75) is 46.6 Å². The molecule has 9 heteroatoms. The summed E-state index contributed by atoms with van der Waals surface area (Å²) >= 11 is 0.978. The minimum atomic E-state index is -0.944. The topological polar surface area (TPSA) is 106 Å². The van der Waals surface area contributed by atoms with Crippen LogP contribution in [0.2, 0.25) is 0 Å². The average Bonchev–Trinajstić information content (AvgIpc) is 3.41. The molecule has 0 aliphatic carbocycles. The summed E-state index contributed by atoms with van der Waals surface area (Å²) < 4.78 is 10.9. The minimum absolute atomic E-state index is 0.0601. The molecular weight excluding hydrogens is 504 g/mol. The molecule has 2 heterocycles. The lowest BCUT2D eigenvalue weighted by Gasteiger charge is -2.23. The van der Waals surface area contributed by atoms with Gasteiger partial charge in [-0.15, -0.1) is 0 Å². The van der Waals surface area contributed by atoms with Crippen LogP contribution in [0.1, 0.15) is 64.8 Å². The van der Waals surface area contributed by atoms with E-state index in [9.17, 15) is 19.5 Å². The van der Waals surface area contributed by atoms with Crippen LogP contribution in [0.3, 0.4) is 0 Å². The molecule has 2 aromatic carbocycles. The lowest BCUT2D eigenvalue weighted by Crippen LogP contribution is -2.29. The Morgan fingerprint density at radius 1 is 1.11 bits per heavy atom. The third-order valence-electron chi connectivity index (χ3n) is 6.16. The number of thiazole rings is 1. The average molecular weight is 535 g/mol. The van der Waals surface area contributed by atoms with Gasteiger partial charge < -0.3 is 14.6 Å². The van der Waals surface area contributed by atoms with Crippen molar-refractivity contribution in [3.05, 3.63) is 81.4 Å². The van der Waals surface area contributed by atoms with E-state index in [1.165, 1.54) is 4.90 Å². The molecule has 1 fully saturated rings. The van der Waals surface area contributed by atoms with Crippen LogP contribution in [0.15, 0.2) is 54.1 Å². The number of hydrogen-bond donors (Lipinski definition) is 1. The van der Waals surface area contributed by atoms with Crippen LogP contribution in [0, 0.1) is 13.8 Å². The molecule has 0 spiro atoms. The number of aryl methyl sites for hydroxylation is 2. The van der Waals surface area contributed by atoms with Gasteiger partial charge in [0.25, 0.3) is 5.78 Å². The van der Waals surface area contributed by atoms with Gasteiger partial charge in [-0.05, 0) is 44.9 Å². The number of esters is 1. The van der Waals surface area contributed by atoms with Gasteiger partial charge in [-0.3, -0.25) is 14.5 Å². The number of anilines is 1. The molecule has 1 amide bonds. The number of ether oxygens (including phenoxy) is 2. The fourth-order valence-electron chi connectivity index (χ4n) is 4.19. The highest BCUT2D eigenvalue weighted by atomic mass is 32.1. The third-order valence-corrected chi connectivity index (χ3v) is 7.30. The summed E-state index contributed by atoms with van der Waals surface area (Å²) in [5, 5.41) is 11.6. The molecule has 1 atom stereocenters. The van der Waals surface area contributed by atoms with Gasteiger partial charge in [0.15, 0.2) is 5.13 Å². The number of aliphatic hydroxyl groups is 1. The molecule has 8 nitrogen and oxygen atoms in total. The molecule has 1 aromatic heterocycles. The monoisotopic (exact) mass is 534 g/mol. The first-order chi connectivity index (χ1) is 18.3. The molecule has 1 N–H and O–H groups in total. The van der Waals surface area contributed by atoms with Crippen LogP contribution in [-0.2, 0) is 14.3 Å². The smallest absolute Gasteiger partial charge is 0.350 e. The second kappa shape index (κ2) is 11.6. The summed E-state index contributed by atoms with van der Waals surface area (Å²) in [7, 11) is 0. The maximum absolute atomic E-state index is 13.4. The van der Waals surface area contributed by atoms with Crippen LogP contribution in [0.25, 0.3) is 5.76 Å². The zero-order valence-corrected chi connectivity index (χ0v) is 22.6. The quantitative estimate of drug-likeness (QED) is 0.123. The molecule has 4 rings (SSSR count). The number of carbonyl (C=O) groups is 3. The van der Waals surface area contributed by atoms with Crippen molar-refractivity contribution in [1.29, 1.82) is 0 Å². The Bertz CT molecular complexity index is 1390. The van der Waals surface area contributed by atoms with Gasteiger partial charge in [-0.2, -0.15) is 0 Å². The van der Waals surface area contributed by atoms with E-state index in [-0.39, 0.29) is 27.9 Å². The highest BCUT2D eigenvalue weighted by Crippen LogP contribution is 2.44. The van der Waals surface area contributed by atoms with Crippen molar-refractivity contribution in [1.82, 2.24) is 4.98 Å². The molecule has 1 unspecified atom stereocenters. The number of aliphatic hydroxyl groups excluding tert-OH is 1. The number of aromatic nitrogens is 1. The van der Waals surface area contributed by atoms with Crippen LogP contribution in [0.5, 0.6) is 5.75 Å². The fraction of sp³-hybridized carbons (Fsp3) is 0.310. The van der Waals surface area contributed by atoms with Gasteiger partial charge in [0, 0.05) is 5.56 Å². The van der Waals surface area contributed by atoms with Gasteiger partial charge in [0.05, 0.1) is 30.5 Å². The fourth-order valence-corrected chi connectivity index (χ4v) is 5.18. The largest absolute Gasteiger partial charge is 0.507 e. The summed E-state index contributed by atoms with van der Waals surface area (Å²) in [4.78, 5) is 45.2. The molecule has 0 radical (unpaired) electrons. The molecule has 3 aromatic rings. The molecule has 1 aliphatic rings.